The van der Waals surface area contributed by atoms with E-state index in [0.29, 0.717) is 0 Å². The van der Waals surface area contributed by atoms with Gasteiger partial charge in [0.2, 0.25) is 0 Å². The molecule has 0 N–H and O–H groups in total. The smallest absolute Gasteiger partial charge is 0.0000596 e. The summed E-state index contributed by atoms with van der Waals surface area (Å²) in [6, 6.07) is 101. The Balaban J connectivity index is 1.06. The van der Waals surface area contributed by atoms with E-state index in [1.807, 2.05) is 0 Å². The SMILES string of the molecule is Cc1c2c(c(-c3ccccc3)c(-c3cc4c5c(cccc5c3)CC=C4)c1-c1ccc3c4c(cccc14)C=CC3)C1=C(c3ccccc3)C(c3cccc4c3ccc3ccccc34)=C(c3cccc4c3ccc3ccccc34)C1=C2c1ccc2c3c(cccc13)CC=C2. The lowest BCUT2D eigenvalue weighted by Crippen LogP contribution is -2.05. The third-order valence-electron chi connectivity index (χ3n) is 21.1. The number of benzene rings is 15. The van der Waals surface area contributed by atoms with Crippen LogP contribution in [0.4, 0.5) is 0 Å². The zero-order valence-corrected chi connectivity index (χ0v) is 50.9. The van der Waals surface area contributed by atoms with Crippen molar-refractivity contribution >= 4 is 122 Å². The first-order valence-corrected chi connectivity index (χ1v) is 32.6. The topological polar surface area (TPSA) is 0 Å². The molecule has 0 heteroatoms. The third-order valence-corrected chi connectivity index (χ3v) is 21.1. The van der Waals surface area contributed by atoms with Gasteiger partial charge in [0.25, 0.3) is 0 Å². The monoisotopic (exact) mass is 1160 g/mol. The number of hydrogen-bond donors (Lipinski definition) is 0. The first-order valence-electron chi connectivity index (χ1n) is 32.6. The molecule has 15 aromatic rings. The van der Waals surface area contributed by atoms with Crippen molar-refractivity contribution in [1.29, 1.82) is 0 Å². The molecule has 5 aliphatic carbocycles. The minimum absolute atomic E-state index is 0.893. The van der Waals surface area contributed by atoms with Crippen LogP contribution < -0.4 is 0 Å². The van der Waals surface area contributed by atoms with Crippen LogP contribution in [0.15, 0.2) is 285 Å². The molecule has 5 aliphatic rings. The Morgan fingerprint density at radius 3 is 1.40 bits per heavy atom. The Hall–Kier alpha value is -11.4. The van der Waals surface area contributed by atoms with Gasteiger partial charge in [0.15, 0.2) is 0 Å². The van der Waals surface area contributed by atoms with Gasteiger partial charge in [-0.05, 0) is 253 Å². The minimum atomic E-state index is 0.893. The molecule has 0 saturated heterocycles. The molecule has 0 aliphatic heterocycles. The van der Waals surface area contributed by atoms with E-state index in [1.165, 1.54) is 215 Å². The predicted molar refractivity (Wildman–Crippen MR) is 394 cm³/mol. The van der Waals surface area contributed by atoms with Gasteiger partial charge in [-0.2, -0.15) is 0 Å². The number of fused-ring (bicyclic) bond motifs is 9. The Kier molecular flexibility index (Phi) is 11.1. The van der Waals surface area contributed by atoms with E-state index in [1.54, 1.807) is 0 Å². The second-order valence-corrected chi connectivity index (χ2v) is 25.8. The second kappa shape index (κ2) is 19.8. The van der Waals surface area contributed by atoms with Gasteiger partial charge in [-0.15, -0.1) is 0 Å². The number of allylic oxidation sites excluding steroid dienone is 8. The highest BCUT2D eigenvalue weighted by Crippen LogP contribution is 2.67. The molecule has 0 amide bonds. The fraction of sp³-hybridized carbons (Fsp3) is 0.0435. The van der Waals surface area contributed by atoms with Crippen molar-refractivity contribution in [3.8, 4) is 33.4 Å². The molecule has 0 nitrogen and oxygen atoms in total. The summed E-state index contributed by atoms with van der Waals surface area (Å²) in [4.78, 5) is 0. The standard InChI is InChI=1S/C92H58/c1-54-79(77-50-46-62-30-12-28-58-32-16-40-75(77)82(58)62)86(66-52-64-34-14-26-57-27-15-35-65(53-66)81(57)64)84(60-22-4-2-5-23-60)90-80(54)87(78-51-47-63-31-13-29-59-33-17-41-76(78)83(59)63)92-89(74-43-19-39-70-68-37-11-9-21-56(68)45-49-72(70)74)88(85(91(90)92)61-24-6-3-7-25-61)73-42-18-38-69-67-36-10-8-20-55(67)44-48-71(69)73/h2-26,28,31-53H,27,29-30H2,1H3. The molecular weight excluding hydrogens is 1110 g/mol. The maximum Gasteiger partial charge on any atom is -0.0000596 e. The van der Waals surface area contributed by atoms with Crippen molar-refractivity contribution in [3.05, 3.63) is 357 Å². The van der Waals surface area contributed by atoms with Crippen molar-refractivity contribution in [2.24, 2.45) is 0 Å². The summed E-state index contributed by atoms with van der Waals surface area (Å²) in [5.41, 5.74) is 31.7. The molecule has 0 bridgehead atoms. The zero-order valence-electron chi connectivity index (χ0n) is 50.9. The normalized spacial score (nSPS) is 14.4. The van der Waals surface area contributed by atoms with Crippen molar-refractivity contribution in [1.82, 2.24) is 0 Å². The Labute approximate surface area is 534 Å². The lowest BCUT2D eigenvalue weighted by molar-refractivity contribution is 1.29. The van der Waals surface area contributed by atoms with E-state index in [0.717, 1.165) is 19.3 Å². The van der Waals surface area contributed by atoms with E-state index in [-0.39, 0.29) is 0 Å². The van der Waals surface area contributed by atoms with Gasteiger partial charge in [-0.1, -0.05) is 285 Å². The van der Waals surface area contributed by atoms with Gasteiger partial charge in [-0.25, -0.2) is 0 Å². The first-order chi connectivity index (χ1) is 45.6. The van der Waals surface area contributed by atoms with Crippen LogP contribution in [-0.4, -0.2) is 0 Å². The molecule has 15 aromatic carbocycles. The molecule has 0 unspecified atom stereocenters. The van der Waals surface area contributed by atoms with Crippen LogP contribution in [-0.2, 0) is 19.3 Å². The van der Waals surface area contributed by atoms with Gasteiger partial charge in [0, 0.05) is 0 Å². The van der Waals surface area contributed by atoms with Crippen molar-refractivity contribution in [3.63, 3.8) is 0 Å². The van der Waals surface area contributed by atoms with Crippen LogP contribution in [0.5, 0.6) is 0 Å². The summed E-state index contributed by atoms with van der Waals surface area (Å²) in [6.07, 6.45) is 16.9. The van der Waals surface area contributed by atoms with Crippen molar-refractivity contribution in [2.75, 3.05) is 0 Å². The Bertz CT molecular complexity index is 6050. The molecule has 0 aromatic heterocycles. The highest BCUT2D eigenvalue weighted by atomic mass is 14.5. The van der Waals surface area contributed by atoms with Crippen molar-refractivity contribution < 1.29 is 0 Å². The molecule has 20 rings (SSSR count). The average molecular weight is 1160 g/mol. The Morgan fingerprint density at radius 2 is 0.717 bits per heavy atom. The molecule has 0 atom stereocenters. The highest BCUT2D eigenvalue weighted by Gasteiger charge is 2.45. The summed E-state index contributed by atoms with van der Waals surface area (Å²) in [5.74, 6) is 0. The Morgan fingerprint density at radius 1 is 0.228 bits per heavy atom. The minimum Gasteiger partial charge on any atom is -0.0795 e. The molecular formula is C92H58. The van der Waals surface area contributed by atoms with Gasteiger partial charge in [0.1, 0.15) is 0 Å². The molecule has 0 spiro atoms. The molecule has 0 radical (unpaired) electrons. The van der Waals surface area contributed by atoms with Gasteiger partial charge in [-0.3, -0.25) is 0 Å². The van der Waals surface area contributed by atoms with Gasteiger partial charge < -0.3 is 0 Å². The van der Waals surface area contributed by atoms with E-state index < -0.39 is 0 Å². The zero-order chi connectivity index (χ0) is 60.3. The fourth-order valence-corrected chi connectivity index (χ4v) is 17.4. The first kappa shape index (κ1) is 51.4. The van der Waals surface area contributed by atoms with E-state index in [9.17, 15) is 0 Å². The van der Waals surface area contributed by atoms with E-state index in [4.69, 9.17) is 0 Å². The fourth-order valence-electron chi connectivity index (χ4n) is 17.4. The molecule has 92 heavy (non-hydrogen) atoms. The lowest BCUT2D eigenvalue weighted by atomic mass is 9.74. The third kappa shape index (κ3) is 7.29. The van der Waals surface area contributed by atoms with E-state index >= 15 is 0 Å². The second-order valence-electron chi connectivity index (χ2n) is 25.8. The summed E-state index contributed by atoms with van der Waals surface area (Å²) >= 11 is 0. The highest BCUT2D eigenvalue weighted by molar-refractivity contribution is 6.43. The van der Waals surface area contributed by atoms with Crippen LogP contribution in [0.2, 0.25) is 0 Å². The largest absolute Gasteiger partial charge is 0.0795 e. The quantitative estimate of drug-likeness (QED) is 0.140. The maximum absolute atomic E-state index is 2.54. The van der Waals surface area contributed by atoms with Crippen LogP contribution in [0, 0.1) is 6.92 Å². The average Bonchev–Trinajstić information content (AvgIpc) is 1.49. The summed E-state index contributed by atoms with van der Waals surface area (Å²) < 4.78 is 0. The van der Waals surface area contributed by atoms with E-state index in [2.05, 4.69) is 304 Å². The van der Waals surface area contributed by atoms with Gasteiger partial charge in [0.05, 0.1) is 0 Å². The molecule has 0 heterocycles. The summed E-state index contributed by atoms with van der Waals surface area (Å²) in [5, 5.41) is 17.8. The number of hydrogen-bond acceptors (Lipinski definition) is 0. The molecule has 426 valence electrons. The van der Waals surface area contributed by atoms with Gasteiger partial charge >= 0.3 is 0 Å². The van der Waals surface area contributed by atoms with Crippen LogP contribution in [0.1, 0.15) is 72.3 Å². The number of rotatable bonds is 7. The predicted octanol–water partition coefficient (Wildman–Crippen LogP) is 24.1. The summed E-state index contributed by atoms with van der Waals surface area (Å²) in [6.45, 7) is 2.49. The van der Waals surface area contributed by atoms with Crippen molar-refractivity contribution in [2.45, 2.75) is 26.2 Å². The molecule has 0 fully saturated rings. The molecule has 0 saturated carbocycles. The van der Waals surface area contributed by atoms with Crippen LogP contribution in [0.25, 0.3) is 155 Å². The van der Waals surface area contributed by atoms with Crippen LogP contribution >= 0.6 is 0 Å². The lowest BCUT2D eigenvalue weighted by Gasteiger charge is -2.28. The maximum atomic E-state index is 2.54. The summed E-state index contributed by atoms with van der Waals surface area (Å²) in [7, 11) is 0. The van der Waals surface area contributed by atoms with Crippen LogP contribution in [0.3, 0.4) is 0 Å².